The fourth-order valence-electron chi connectivity index (χ4n) is 1.95. The van der Waals surface area contributed by atoms with Crippen LogP contribution < -0.4 is 10.4 Å². The number of hydrazine groups is 1. The number of phenolic OH excluding ortho intramolecular Hbond substituents is 1. The number of aromatic hydroxyl groups is 1. The van der Waals surface area contributed by atoms with Gasteiger partial charge in [-0.3, -0.25) is 10.4 Å². The maximum atomic E-state index is 9.30. The second kappa shape index (κ2) is 4.41. The van der Waals surface area contributed by atoms with Crippen LogP contribution in [0.2, 0.25) is 0 Å². The molecule has 2 aromatic rings. The lowest BCUT2D eigenvalue weighted by Gasteiger charge is -2.22. The Balaban J connectivity index is 1.92. The molecule has 0 spiro atoms. The third-order valence-corrected chi connectivity index (χ3v) is 2.90. The topological polar surface area (TPSA) is 47.9 Å². The monoisotopic (exact) mass is 239 g/mol. The molecule has 1 aliphatic heterocycles. The fraction of sp³-hybridized carbons (Fsp3) is 0.0714. The largest absolute Gasteiger partial charge is 0.508 e. The summed E-state index contributed by atoms with van der Waals surface area (Å²) < 4.78 is 0. The van der Waals surface area contributed by atoms with E-state index in [-0.39, 0.29) is 5.75 Å². The van der Waals surface area contributed by atoms with E-state index in [0.717, 1.165) is 23.5 Å². The number of nitrogens with zero attached hydrogens (tertiary/aromatic N) is 2. The molecule has 4 heteroatoms. The van der Waals surface area contributed by atoms with Crippen molar-refractivity contribution in [2.24, 2.45) is 4.99 Å². The van der Waals surface area contributed by atoms with E-state index in [1.54, 1.807) is 18.5 Å². The zero-order valence-electron chi connectivity index (χ0n) is 9.74. The van der Waals surface area contributed by atoms with Crippen molar-refractivity contribution in [3.05, 3.63) is 54.1 Å². The second-order valence-electron chi connectivity index (χ2n) is 4.12. The van der Waals surface area contributed by atoms with Gasteiger partial charge in [0, 0.05) is 0 Å². The molecule has 2 aromatic carbocycles. The molecule has 0 aromatic heterocycles. The third kappa shape index (κ3) is 2.00. The van der Waals surface area contributed by atoms with Crippen molar-refractivity contribution < 1.29 is 5.11 Å². The van der Waals surface area contributed by atoms with Crippen LogP contribution in [0.3, 0.4) is 0 Å². The molecule has 0 unspecified atom stereocenters. The van der Waals surface area contributed by atoms with E-state index in [9.17, 15) is 5.11 Å². The number of nitrogens with one attached hydrogen (secondary N) is 1. The average molecular weight is 239 g/mol. The van der Waals surface area contributed by atoms with Gasteiger partial charge in [-0.1, -0.05) is 18.2 Å². The smallest absolute Gasteiger partial charge is 0.115 e. The van der Waals surface area contributed by atoms with Crippen molar-refractivity contribution in [2.75, 3.05) is 5.01 Å². The Labute approximate surface area is 105 Å². The van der Waals surface area contributed by atoms with Gasteiger partial charge >= 0.3 is 0 Å². The van der Waals surface area contributed by atoms with Crippen molar-refractivity contribution in [2.45, 2.75) is 6.54 Å². The number of aliphatic imine (C=N–C) groups is 1. The van der Waals surface area contributed by atoms with Crippen molar-refractivity contribution in [1.82, 2.24) is 5.43 Å². The molecule has 18 heavy (non-hydrogen) atoms. The molecule has 4 nitrogen and oxygen atoms in total. The van der Waals surface area contributed by atoms with E-state index in [1.165, 1.54) is 0 Å². The molecule has 0 bridgehead atoms. The highest BCUT2D eigenvalue weighted by Gasteiger charge is 2.11. The van der Waals surface area contributed by atoms with Gasteiger partial charge in [-0.05, 0) is 35.9 Å². The number of anilines is 1. The Morgan fingerprint density at radius 1 is 1.06 bits per heavy atom. The summed E-state index contributed by atoms with van der Waals surface area (Å²) in [4.78, 5) is 4.35. The van der Waals surface area contributed by atoms with Crippen molar-refractivity contribution in [1.29, 1.82) is 0 Å². The molecule has 2 N–H and O–H groups in total. The van der Waals surface area contributed by atoms with E-state index < -0.39 is 0 Å². The van der Waals surface area contributed by atoms with Gasteiger partial charge in [0.05, 0.1) is 17.9 Å². The Hall–Kier alpha value is -2.49. The predicted octanol–water partition coefficient (Wildman–Crippen LogP) is 2.58. The molecule has 0 aliphatic carbocycles. The van der Waals surface area contributed by atoms with E-state index in [4.69, 9.17) is 0 Å². The summed E-state index contributed by atoms with van der Waals surface area (Å²) in [6, 6.07) is 15.1. The van der Waals surface area contributed by atoms with Crippen LogP contribution in [0.4, 0.5) is 11.4 Å². The summed E-state index contributed by atoms with van der Waals surface area (Å²) in [7, 11) is 0. The van der Waals surface area contributed by atoms with Gasteiger partial charge in [0.25, 0.3) is 0 Å². The van der Waals surface area contributed by atoms with Crippen LogP contribution >= 0.6 is 0 Å². The number of phenols is 1. The highest BCUT2D eigenvalue weighted by atomic mass is 16.3. The minimum Gasteiger partial charge on any atom is -0.508 e. The van der Waals surface area contributed by atoms with Gasteiger partial charge in [-0.15, -0.1) is 0 Å². The van der Waals surface area contributed by atoms with Crippen LogP contribution in [0, 0.1) is 0 Å². The van der Waals surface area contributed by atoms with Gasteiger partial charge < -0.3 is 5.11 Å². The average Bonchev–Trinajstić information content (AvgIpc) is 2.61. The van der Waals surface area contributed by atoms with Crippen LogP contribution in [-0.4, -0.2) is 11.4 Å². The van der Waals surface area contributed by atoms with E-state index in [0.29, 0.717) is 0 Å². The number of hydrogen-bond donors (Lipinski definition) is 2. The second-order valence-corrected chi connectivity index (χ2v) is 4.12. The highest BCUT2D eigenvalue weighted by Crippen LogP contribution is 2.25. The summed E-state index contributed by atoms with van der Waals surface area (Å²) >= 11 is 0. The summed E-state index contributed by atoms with van der Waals surface area (Å²) in [6.45, 7) is 0.723. The Bertz CT molecular complexity index is 578. The van der Waals surface area contributed by atoms with E-state index in [1.807, 2.05) is 35.3 Å². The molecule has 0 amide bonds. The van der Waals surface area contributed by atoms with Gasteiger partial charge in [0.1, 0.15) is 12.1 Å². The maximum Gasteiger partial charge on any atom is 0.115 e. The molecule has 0 radical (unpaired) electrons. The number of para-hydroxylation sites is 1. The highest BCUT2D eigenvalue weighted by molar-refractivity contribution is 5.68. The maximum absolute atomic E-state index is 9.30. The Morgan fingerprint density at radius 3 is 2.67 bits per heavy atom. The SMILES string of the molecule is Oc1ccc(N2Cc3ccccc3N=CN2)cc1. The number of fused-ring (bicyclic) bond motifs is 1. The Morgan fingerprint density at radius 2 is 1.83 bits per heavy atom. The Kier molecular flexibility index (Phi) is 2.61. The van der Waals surface area contributed by atoms with Crippen molar-refractivity contribution in [3.8, 4) is 5.75 Å². The van der Waals surface area contributed by atoms with E-state index >= 15 is 0 Å². The van der Waals surface area contributed by atoms with Gasteiger partial charge in [-0.25, -0.2) is 4.99 Å². The quantitative estimate of drug-likeness (QED) is 0.804. The molecule has 90 valence electrons. The molecule has 0 fully saturated rings. The molecule has 0 atom stereocenters. The minimum atomic E-state index is 0.266. The van der Waals surface area contributed by atoms with E-state index in [2.05, 4.69) is 16.5 Å². The van der Waals surface area contributed by atoms with Crippen LogP contribution in [0.25, 0.3) is 0 Å². The van der Waals surface area contributed by atoms with Crippen LogP contribution in [0.1, 0.15) is 5.56 Å². The minimum absolute atomic E-state index is 0.266. The molecule has 1 aliphatic rings. The standard InChI is InChI=1S/C14H13N3O/c18-13-7-5-12(6-8-13)17-9-11-3-1-2-4-14(11)15-10-16-17/h1-8,10,18H,9H2,(H,15,16). The summed E-state index contributed by atoms with van der Waals surface area (Å²) in [5.41, 5.74) is 6.24. The fourth-order valence-corrected chi connectivity index (χ4v) is 1.95. The van der Waals surface area contributed by atoms with Gasteiger partial charge in [0.2, 0.25) is 0 Å². The molecule has 3 rings (SSSR count). The summed E-state index contributed by atoms with van der Waals surface area (Å²) in [5, 5.41) is 11.3. The predicted molar refractivity (Wildman–Crippen MR) is 72.0 cm³/mol. The van der Waals surface area contributed by atoms with Crippen molar-refractivity contribution in [3.63, 3.8) is 0 Å². The lowest BCUT2D eigenvalue weighted by atomic mass is 10.1. The van der Waals surface area contributed by atoms with Crippen molar-refractivity contribution >= 4 is 17.7 Å². The molecular formula is C14H13N3O. The first-order chi connectivity index (χ1) is 8.83. The third-order valence-electron chi connectivity index (χ3n) is 2.90. The first-order valence-corrected chi connectivity index (χ1v) is 5.76. The molecule has 1 heterocycles. The lowest BCUT2D eigenvalue weighted by molar-refractivity contribution is 0.475. The first-order valence-electron chi connectivity index (χ1n) is 5.76. The molecule has 0 saturated carbocycles. The van der Waals surface area contributed by atoms with Crippen LogP contribution in [-0.2, 0) is 6.54 Å². The lowest BCUT2D eigenvalue weighted by Crippen LogP contribution is -2.35. The number of benzene rings is 2. The normalized spacial score (nSPS) is 13.7. The van der Waals surface area contributed by atoms with Crippen LogP contribution in [0.5, 0.6) is 5.75 Å². The van der Waals surface area contributed by atoms with Gasteiger partial charge in [0.15, 0.2) is 0 Å². The molecule has 0 saturated heterocycles. The summed E-state index contributed by atoms with van der Waals surface area (Å²) in [5.74, 6) is 0.266. The molecular weight excluding hydrogens is 226 g/mol. The zero-order valence-corrected chi connectivity index (χ0v) is 9.74. The first kappa shape index (κ1) is 10.7. The zero-order chi connectivity index (χ0) is 12.4. The summed E-state index contributed by atoms with van der Waals surface area (Å²) in [6.07, 6.45) is 1.68. The number of hydrogen-bond acceptors (Lipinski definition) is 4. The van der Waals surface area contributed by atoms with Crippen LogP contribution in [0.15, 0.2) is 53.5 Å². The van der Waals surface area contributed by atoms with Gasteiger partial charge in [-0.2, -0.15) is 0 Å². The number of rotatable bonds is 1.